The molecule has 92 valence electrons. The number of esters is 1. The first-order valence-electron chi connectivity index (χ1n) is 4.94. The highest BCUT2D eigenvalue weighted by atomic mass is 16.6. The number of carbonyl (C=O) groups excluding carboxylic acids is 2. The largest absolute Gasteiger partial charge is 0.493 e. The predicted octanol–water partition coefficient (Wildman–Crippen LogP) is 1.75. The predicted molar refractivity (Wildman–Crippen MR) is 61.0 cm³/mol. The van der Waals surface area contributed by atoms with Gasteiger partial charge in [-0.3, -0.25) is 9.59 Å². The van der Waals surface area contributed by atoms with Crippen molar-refractivity contribution in [3.8, 4) is 17.2 Å². The molecular weight excluding hydrogens is 224 g/mol. The Morgan fingerprint density at radius 3 is 2.29 bits per heavy atom. The van der Waals surface area contributed by atoms with Crippen molar-refractivity contribution in [3.63, 3.8) is 0 Å². The smallest absolute Gasteiger partial charge is 0.308 e. The van der Waals surface area contributed by atoms with E-state index >= 15 is 0 Å². The van der Waals surface area contributed by atoms with Crippen LogP contribution in [0.2, 0.25) is 0 Å². The first-order valence-corrected chi connectivity index (χ1v) is 4.94. The molecule has 0 aromatic heterocycles. The fourth-order valence-corrected chi connectivity index (χ4v) is 1.49. The number of benzene rings is 1. The third kappa shape index (κ3) is 2.55. The molecule has 1 aromatic rings. The second-order valence-electron chi connectivity index (χ2n) is 3.38. The van der Waals surface area contributed by atoms with Crippen LogP contribution >= 0.6 is 0 Å². The highest BCUT2D eigenvalue weighted by Gasteiger charge is 2.20. The van der Waals surface area contributed by atoms with Gasteiger partial charge in [0.25, 0.3) is 0 Å². The molecule has 0 radical (unpaired) electrons. The van der Waals surface area contributed by atoms with Gasteiger partial charge < -0.3 is 14.2 Å². The molecule has 0 N–H and O–H groups in total. The molecule has 0 saturated heterocycles. The molecule has 0 aliphatic rings. The van der Waals surface area contributed by atoms with Gasteiger partial charge in [0.05, 0.1) is 19.8 Å². The van der Waals surface area contributed by atoms with Gasteiger partial charge in [-0.2, -0.15) is 0 Å². The number of hydrogen-bond donors (Lipinski definition) is 0. The second-order valence-corrected chi connectivity index (χ2v) is 3.38. The van der Waals surface area contributed by atoms with Crippen LogP contribution in [0, 0.1) is 6.92 Å². The van der Waals surface area contributed by atoms with Crippen molar-refractivity contribution in [2.24, 2.45) is 0 Å². The van der Waals surface area contributed by atoms with Gasteiger partial charge in [0, 0.05) is 6.92 Å². The Balaban J connectivity index is 3.51. The molecule has 0 saturated carbocycles. The van der Waals surface area contributed by atoms with E-state index in [9.17, 15) is 9.59 Å². The summed E-state index contributed by atoms with van der Waals surface area (Å²) in [7, 11) is 2.88. The Morgan fingerprint density at radius 1 is 1.24 bits per heavy atom. The van der Waals surface area contributed by atoms with Gasteiger partial charge in [0.2, 0.25) is 5.75 Å². The molecule has 0 aliphatic carbocycles. The quantitative estimate of drug-likeness (QED) is 0.454. The van der Waals surface area contributed by atoms with Crippen molar-refractivity contribution in [2.75, 3.05) is 14.2 Å². The number of carbonyl (C=O) groups is 2. The number of aldehydes is 1. The fourth-order valence-electron chi connectivity index (χ4n) is 1.49. The van der Waals surface area contributed by atoms with Crippen molar-refractivity contribution in [1.82, 2.24) is 0 Å². The van der Waals surface area contributed by atoms with Crippen LogP contribution in [-0.2, 0) is 4.79 Å². The van der Waals surface area contributed by atoms with Crippen molar-refractivity contribution in [1.29, 1.82) is 0 Å². The lowest BCUT2D eigenvalue weighted by Gasteiger charge is -2.15. The topological polar surface area (TPSA) is 61.8 Å². The average molecular weight is 238 g/mol. The van der Waals surface area contributed by atoms with E-state index in [1.54, 1.807) is 13.0 Å². The van der Waals surface area contributed by atoms with Crippen LogP contribution < -0.4 is 14.2 Å². The highest BCUT2D eigenvalue weighted by Crippen LogP contribution is 2.41. The minimum Gasteiger partial charge on any atom is -0.493 e. The van der Waals surface area contributed by atoms with Crippen LogP contribution in [0.25, 0.3) is 0 Å². The number of ether oxygens (including phenoxy) is 3. The molecule has 1 aromatic carbocycles. The molecule has 0 spiro atoms. The number of methoxy groups -OCH3 is 2. The van der Waals surface area contributed by atoms with E-state index < -0.39 is 5.97 Å². The van der Waals surface area contributed by atoms with E-state index in [4.69, 9.17) is 14.2 Å². The van der Waals surface area contributed by atoms with Crippen LogP contribution in [0.4, 0.5) is 0 Å². The Hall–Kier alpha value is -2.04. The molecule has 0 amide bonds. The third-order valence-corrected chi connectivity index (χ3v) is 2.23. The number of hydrogen-bond acceptors (Lipinski definition) is 5. The van der Waals surface area contributed by atoms with E-state index in [1.807, 2.05) is 0 Å². The zero-order valence-electron chi connectivity index (χ0n) is 10.2. The van der Waals surface area contributed by atoms with E-state index in [1.165, 1.54) is 21.1 Å². The monoisotopic (exact) mass is 238 g/mol. The summed E-state index contributed by atoms with van der Waals surface area (Å²) in [6, 6.07) is 1.65. The van der Waals surface area contributed by atoms with Crippen LogP contribution in [0.1, 0.15) is 22.8 Å². The summed E-state index contributed by atoms with van der Waals surface area (Å²) in [4.78, 5) is 22.0. The molecule has 5 nitrogen and oxygen atoms in total. The van der Waals surface area contributed by atoms with Crippen molar-refractivity contribution < 1.29 is 23.8 Å². The SMILES string of the molecule is COc1cc(C)c(C=O)c(OC(C)=O)c1OC. The molecular formula is C12H14O5. The highest BCUT2D eigenvalue weighted by molar-refractivity contribution is 5.87. The maximum absolute atomic E-state index is 11.0. The van der Waals surface area contributed by atoms with Gasteiger partial charge in [-0.1, -0.05) is 0 Å². The lowest BCUT2D eigenvalue weighted by molar-refractivity contribution is -0.132. The molecule has 0 heterocycles. The van der Waals surface area contributed by atoms with E-state index in [2.05, 4.69) is 0 Å². The summed E-state index contributed by atoms with van der Waals surface area (Å²) in [5, 5.41) is 0. The molecule has 17 heavy (non-hydrogen) atoms. The van der Waals surface area contributed by atoms with E-state index in [-0.39, 0.29) is 17.1 Å². The first kappa shape index (κ1) is 13.0. The minimum atomic E-state index is -0.529. The van der Waals surface area contributed by atoms with E-state index in [0.29, 0.717) is 17.6 Å². The zero-order chi connectivity index (χ0) is 13.0. The van der Waals surface area contributed by atoms with Crippen LogP contribution in [0.5, 0.6) is 17.2 Å². The Kier molecular flexibility index (Phi) is 4.09. The molecule has 1 rings (SSSR count). The molecule has 0 unspecified atom stereocenters. The Morgan fingerprint density at radius 2 is 1.88 bits per heavy atom. The van der Waals surface area contributed by atoms with Crippen LogP contribution in [-0.4, -0.2) is 26.5 Å². The maximum Gasteiger partial charge on any atom is 0.308 e. The van der Waals surface area contributed by atoms with Gasteiger partial charge in [0.15, 0.2) is 17.8 Å². The van der Waals surface area contributed by atoms with Crippen molar-refractivity contribution >= 4 is 12.3 Å². The maximum atomic E-state index is 11.0. The first-order chi connectivity index (χ1) is 8.04. The molecule has 5 heteroatoms. The lowest BCUT2D eigenvalue weighted by Crippen LogP contribution is -2.07. The summed E-state index contributed by atoms with van der Waals surface area (Å²) < 4.78 is 15.2. The van der Waals surface area contributed by atoms with E-state index in [0.717, 1.165) is 0 Å². The summed E-state index contributed by atoms with van der Waals surface area (Å²) in [6.07, 6.45) is 0.621. The van der Waals surface area contributed by atoms with Gasteiger partial charge in [-0.15, -0.1) is 0 Å². The minimum absolute atomic E-state index is 0.0897. The van der Waals surface area contributed by atoms with Gasteiger partial charge in [0.1, 0.15) is 0 Å². The molecule has 0 fully saturated rings. The van der Waals surface area contributed by atoms with Crippen LogP contribution in [0.3, 0.4) is 0 Å². The average Bonchev–Trinajstić information content (AvgIpc) is 2.28. The third-order valence-electron chi connectivity index (χ3n) is 2.23. The van der Waals surface area contributed by atoms with Gasteiger partial charge >= 0.3 is 5.97 Å². The van der Waals surface area contributed by atoms with Gasteiger partial charge in [-0.25, -0.2) is 0 Å². The number of rotatable bonds is 4. The van der Waals surface area contributed by atoms with Crippen molar-refractivity contribution in [3.05, 3.63) is 17.2 Å². The Labute approximate surface area is 99.3 Å². The second kappa shape index (κ2) is 5.34. The summed E-state index contributed by atoms with van der Waals surface area (Å²) >= 11 is 0. The normalized spacial score (nSPS) is 9.65. The summed E-state index contributed by atoms with van der Waals surface area (Å²) in [5.74, 6) is 0.202. The lowest BCUT2D eigenvalue weighted by atomic mass is 10.1. The summed E-state index contributed by atoms with van der Waals surface area (Å²) in [5.41, 5.74) is 0.923. The fraction of sp³-hybridized carbons (Fsp3) is 0.333. The van der Waals surface area contributed by atoms with Crippen LogP contribution in [0.15, 0.2) is 6.07 Å². The molecule has 0 aliphatic heterocycles. The van der Waals surface area contributed by atoms with Crippen molar-refractivity contribution in [2.45, 2.75) is 13.8 Å². The number of aryl methyl sites for hydroxylation is 1. The Bertz CT molecular complexity index is 451. The standard InChI is InChI=1S/C12H14O5/c1-7-5-10(15-3)12(16-4)11(9(7)6-13)17-8(2)14/h5-6H,1-4H3. The summed E-state index contributed by atoms with van der Waals surface area (Å²) in [6.45, 7) is 2.97. The zero-order valence-corrected chi connectivity index (χ0v) is 10.2. The molecule has 0 atom stereocenters. The van der Waals surface area contributed by atoms with Gasteiger partial charge in [-0.05, 0) is 18.6 Å². The molecule has 0 bridgehead atoms.